The first kappa shape index (κ1) is 20.4. The van der Waals surface area contributed by atoms with Gasteiger partial charge in [0.2, 0.25) is 0 Å². The van der Waals surface area contributed by atoms with Crippen LogP contribution in [-0.4, -0.2) is 50.6 Å². The molecule has 1 heterocycles. The van der Waals surface area contributed by atoms with Crippen LogP contribution in [0.3, 0.4) is 0 Å². The molecule has 0 aliphatic carbocycles. The van der Waals surface area contributed by atoms with Crippen LogP contribution in [0.25, 0.3) is 10.8 Å². The fraction of sp³-hybridized carbons (Fsp3) is 0.320. The van der Waals surface area contributed by atoms with E-state index in [1.54, 1.807) is 0 Å². The molecular weight excluding hydrogens is 374 g/mol. The molecule has 1 atom stereocenters. The van der Waals surface area contributed by atoms with E-state index in [0.717, 1.165) is 37.4 Å². The summed E-state index contributed by atoms with van der Waals surface area (Å²) in [6, 6.07) is 22.0. The molecule has 1 saturated heterocycles. The SMILES string of the molecule is CN(C)CC[C@@H](NC(=O)c1cccc(OC2CNC2)c1)c1cccc2ccccc12. The normalized spacial score (nSPS) is 15.0. The number of carbonyl (C=O) groups is 1. The Bertz CT molecular complexity index is 1010. The highest BCUT2D eigenvalue weighted by Crippen LogP contribution is 2.27. The number of nitrogens with zero attached hydrogens (tertiary/aromatic N) is 1. The largest absolute Gasteiger partial charge is 0.488 e. The smallest absolute Gasteiger partial charge is 0.251 e. The molecule has 0 aromatic heterocycles. The van der Waals surface area contributed by atoms with E-state index < -0.39 is 0 Å². The van der Waals surface area contributed by atoms with E-state index in [2.05, 4.69) is 60.0 Å². The van der Waals surface area contributed by atoms with E-state index >= 15 is 0 Å². The molecule has 1 aliphatic rings. The van der Waals surface area contributed by atoms with Gasteiger partial charge in [-0.1, -0.05) is 48.5 Å². The van der Waals surface area contributed by atoms with E-state index in [0.29, 0.717) is 5.56 Å². The van der Waals surface area contributed by atoms with Crippen molar-refractivity contribution in [3.05, 3.63) is 77.9 Å². The van der Waals surface area contributed by atoms with Gasteiger partial charge >= 0.3 is 0 Å². The van der Waals surface area contributed by atoms with Gasteiger partial charge in [-0.3, -0.25) is 4.79 Å². The number of fused-ring (bicyclic) bond motifs is 1. The molecule has 3 aromatic carbocycles. The Labute approximate surface area is 178 Å². The lowest BCUT2D eigenvalue weighted by atomic mass is 9.96. The molecule has 5 nitrogen and oxygen atoms in total. The second-order valence-electron chi connectivity index (χ2n) is 8.11. The zero-order valence-corrected chi connectivity index (χ0v) is 17.6. The third-order valence-corrected chi connectivity index (χ3v) is 5.51. The number of amides is 1. The molecule has 1 amide bonds. The average molecular weight is 404 g/mol. The van der Waals surface area contributed by atoms with Crippen LogP contribution < -0.4 is 15.4 Å². The highest BCUT2D eigenvalue weighted by Gasteiger charge is 2.20. The zero-order valence-electron chi connectivity index (χ0n) is 17.6. The molecule has 0 bridgehead atoms. The molecule has 0 radical (unpaired) electrons. The molecule has 156 valence electrons. The second-order valence-corrected chi connectivity index (χ2v) is 8.11. The number of nitrogens with one attached hydrogen (secondary N) is 2. The lowest BCUT2D eigenvalue weighted by molar-refractivity contribution is 0.0931. The van der Waals surface area contributed by atoms with Gasteiger partial charge in [0.15, 0.2) is 0 Å². The first-order chi connectivity index (χ1) is 14.6. The van der Waals surface area contributed by atoms with Crippen LogP contribution in [0, 0.1) is 0 Å². The molecule has 1 fully saturated rings. The van der Waals surface area contributed by atoms with Crippen LogP contribution >= 0.6 is 0 Å². The van der Waals surface area contributed by atoms with E-state index in [1.165, 1.54) is 10.8 Å². The quantitative estimate of drug-likeness (QED) is 0.603. The summed E-state index contributed by atoms with van der Waals surface area (Å²) in [5.74, 6) is 0.660. The van der Waals surface area contributed by atoms with Gasteiger partial charge in [-0.05, 0) is 61.6 Å². The zero-order chi connectivity index (χ0) is 20.9. The summed E-state index contributed by atoms with van der Waals surface area (Å²) in [7, 11) is 4.11. The third-order valence-electron chi connectivity index (χ3n) is 5.51. The maximum Gasteiger partial charge on any atom is 0.251 e. The van der Waals surface area contributed by atoms with Gasteiger partial charge in [-0.2, -0.15) is 0 Å². The number of rotatable bonds is 8. The van der Waals surface area contributed by atoms with Crippen LogP contribution in [0.1, 0.15) is 28.4 Å². The molecule has 3 aromatic rings. The number of hydrogen-bond donors (Lipinski definition) is 2. The van der Waals surface area contributed by atoms with Gasteiger partial charge in [0, 0.05) is 18.7 Å². The molecule has 5 heteroatoms. The van der Waals surface area contributed by atoms with Crippen molar-refractivity contribution in [3.8, 4) is 5.75 Å². The Kier molecular flexibility index (Phi) is 6.31. The Balaban J connectivity index is 1.57. The van der Waals surface area contributed by atoms with Crippen molar-refractivity contribution >= 4 is 16.7 Å². The lowest BCUT2D eigenvalue weighted by Gasteiger charge is -2.28. The molecule has 1 aliphatic heterocycles. The van der Waals surface area contributed by atoms with Crippen molar-refractivity contribution < 1.29 is 9.53 Å². The van der Waals surface area contributed by atoms with Crippen molar-refractivity contribution in [2.45, 2.75) is 18.6 Å². The van der Waals surface area contributed by atoms with E-state index in [9.17, 15) is 4.79 Å². The Morgan fingerprint density at radius 2 is 1.87 bits per heavy atom. The van der Waals surface area contributed by atoms with Crippen LogP contribution in [0.15, 0.2) is 66.7 Å². The molecule has 0 saturated carbocycles. The minimum Gasteiger partial charge on any atom is -0.488 e. The number of hydrogen-bond acceptors (Lipinski definition) is 4. The van der Waals surface area contributed by atoms with Gasteiger partial charge in [-0.25, -0.2) is 0 Å². The van der Waals surface area contributed by atoms with E-state index in [1.807, 2.05) is 36.4 Å². The number of benzene rings is 3. The predicted molar refractivity (Wildman–Crippen MR) is 121 cm³/mol. The Hall–Kier alpha value is -2.89. The minimum absolute atomic E-state index is 0.0774. The van der Waals surface area contributed by atoms with Crippen LogP contribution in [0.2, 0.25) is 0 Å². The lowest BCUT2D eigenvalue weighted by Crippen LogP contribution is -2.50. The Morgan fingerprint density at radius 1 is 1.10 bits per heavy atom. The number of ether oxygens (including phenoxy) is 1. The maximum absolute atomic E-state index is 13.1. The van der Waals surface area contributed by atoms with Crippen molar-refractivity contribution in [1.82, 2.24) is 15.5 Å². The van der Waals surface area contributed by atoms with Crippen LogP contribution in [0.5, 0.6) is 5.75 Å². The molecule has 30 heavy (non-hydrogen) atoms. The maximum atomic E-state index is 13.1. The van der Waals surface area contributed by atoms with E-state index in [4.69, 9.17) is 4.74 Å². The molecular formula is C25H29N3O2. The first-order valence-corrected chi connectivity index (χ1v) is 10.5. The topological polar surface area (TPSA) is 53.6 Å². The van der Waals surface area contributed by atoms with Gasteiger partial charge in [0.25, 0.3) is 5.91 Å². The van der Waals surface area contributed by atoms with E-state index in [-0.39, 0.29) is 18.1 Å². The van der Waals surface area contributed by atoms with Gasteiger partial charge in [0.1, 0.15) is 11.9 Å². The summed E-state index contributed by atoms with van der Waals surface area (Å²) < 4.78 is 5.92. The fourth-order valence-corrected chi connectivity index (χ4v) is 3.74. The summed E-state index contributed by atoms with van der Waals surface area (Å²) in [5, 5.41) is 8.83. The monoisotopic (exact) mass is 403 g/mol. The van der Waals surface area contributed by atoms with Gasteiger partial charge in [0.05, 0.1) is 6.04 Å². The fourth-order valence-electron chi connectivity index (χ4n) is 3.74. The van der Waals surface area contributed by atoms with Crippen molar-refractivity contribution in [3.63, 3.8) is 0 Å². The average Bonchev–Trinajstić information content (AvgIpc) is 2.73. The second kappa shape index (κ2) is 9.28. The van der Waals surface area contributed by atoms with Crippen molar-refractivity contribution in [2.24, 2.45) is 0 Å². The standard InChI is InChI=1S/C25H29N3O2/c1-28(2)14-13-24(23-12-6-8-18-7-3-4-11-22(18)23)27-25(29)19-9-5-10-20(15-19)30-21-16-26-17-21/h3-12,15,21,24,26H,13-14,16-17H2,1-2H3,(H,27,29)/t24-/m1/s1. The summed E-state index contributed by atoms with van der Waals surface area (Å²) in [6.45, 7) is 2.58. The Morgan fingerprint density at radius 3 is 2.63 bits per heavy atom. The van der Waals surface area contributed by atoms with Crippen LogP contribution in [0.4, 0.5) is 0 Å². The molecule has 2 N–H and O–H groups in total. The van der Waals surface area contributed by atoms with Gasteiger partial charge < -0.3 is 20.3 Å². The van der Waals surface area contributed by atoms with Crippen molar-refractivity contribution in [2.75, 3.05) is 33.7 Å². The summed E-state index contributed by atoms with van der Waals surface area (Å²) in [6.07, 6.45) is 1.02. The predicted octanol–water partition coefficient (Wildman–Crippen LogP) is 3.61. The summed E-state index contributed by atoms with van der Waals surface area (Å²) in [5.41, 5.74) is 1.77. The van der Waals surface area contributed by atoms with Gasteiger partial charge in [-0.15, -0.1) is 0 Å². The third kappa shape index (κ3) is 4.81. The molecule has 4 rings (SSSR count). The number of carbonyl (C=O) groups excluding carboxylic acids is 1. The van der Waals surface area contributed by atoms with Crippen LogP contribution in [-0.2, 0) is 0 Å². The molecule has 0 unspecified atom stereocenters. The van der Waals surface area contributed by atoms with Crippen molar-refractivity contribution in [1.29, 1.82) is 0 Å². The highest BCUT2D eigenvalue weighted by atomic mass is 16.5. The molecule has 0 spiro atoms. The highest BCUT2D eigenvalue weighted by molar-refractivity contribution is 5.95. The first-order valence-electron chi connectivity index (χ1n) is 10.5. The summed E-state index contributed by atoms with van der Waals surface area (Å²) >= 11 is 0. The minimum atomic E-state index is -0.0797. The summed E-state index contributed by atoms with van der Waals surface area (Å²) in [4.78, 5) is 15.3.